The SMILES string of the molecule is Nc1ccccc1OCCCN1CCOCC1=O. The monoisotopic (exact) mass is 250 g/mol. The highest BCUT2D eigenvalue weighted by Crippen LogP contribution is 2.19. The molecule has 1 heterocycles. The van der Waals surface area contributed by atoms with Crippen molar-refractivity contribution in [1.29, 1.82) is 0 Å². The normalized spacial score (nSPS) is 15.8. The molecule has 1 aromatic rings. The molecule has 1 fully saturated rings. The summed E-state index contributed by atoms with van der Waals surface area (Å²) < 4.78 is 10.6. The van der Waals surface area contributed by atoms with Crippen LogP contribution in [0.4, 0.5) is 5.69 Å². The number of benzene rings is 1. The molecule has 1 aromatic carbocycles. The predicted octanol–water partition coefficient (Wildman–Crippen LogP) is 0.896. The molecule has 1 aliphatic rings. The van der Waals surface area contributed by atoms with Crippen LogP contribution in [-0.4, -0.2) is 43.7 Å². The van der Waals surface area contributed by atoms with Gasteiger partial charge in [0, 0.05) is 13.1 Å². The van der Waals surface area contributed by atoms with Crippen LogP contribution in [0, 0.1) is 0 Å². The summed E-state index contributed by atoms with van der Waals surface area (Å²) in [7, 11) is 0. The molecule has 1 saturated heterocycles. The van der Waals surface area contributed by atoms with Crippen LogP contribution in [0.3, 0.4) is 0 Å². The second-order valence-corrected chi connectivity index (χ2v) is 4.17. The van der Waals surface area contributed by atoms with Gasteiger partial charge in [-0.1, -0.05) is 12.1 Å². The number of nitrogens with two attached hydrogens (primary N) is 1. The molecule has 1 aliphatic heterocycles. The number of anilines is 1. The van der Waals surface area contributed by atoms with Gasteiger partial charge >= 0.3 is 0 Å². The Morgan fingerprint density at radius 3 is 3.00 bits per heavy atom. The molecule has 0 spiro atoms. The Morgan fingerprint density at radius 1 is 1.39 bits per heavy atom. The van der Waals surface area contributed by atoms with Crippen molar-refractivity contribution in [2.24, 2.45) is 0 Å². The van der Waals surface area contributed by atoms with E-state index in [1.54, 1.807) is 11.0 Å². The maximum atomic E-state index is 11.5. The largest absolute Gasteiger partial charge is 0.491 e. The van der Waals surface area contributed by atoms with Gasteiger partial charge in [-0.15, -0.1) is 0 Å². The Morgan fingerprint density at radius 2 is 2.22 bits per heavy atom. The van der Waals surface area contributed by atoms with E-state index in [2.05, 4.69) is 0 Å². The lowest BCUT2D eigenvalue weighted by Gasteiger charge is -2.26. The average Bonchev–Trinajstić information content (AvgIpc) is 2.38. The second kappa shape index (κ2) is 6.26. The molecule has 2 N–H and O–H groups in total. The van der Waals surface area contributed by atoms with E-state index in [0.29, 0.717) is 37.7 Å². The number of nitrogens with zero attached hydrogens (tertiary/aromatic N) is 1. The van der Waals surface area contributed by atoms with Crippen LogP contribution in [0.25, 0.3) is 0 Å². The van der Waals surface area contributed by atoms with Crippen molar-refractivity contribution in [1.82, 2.24) is 4.90 Å². The van der Waals surface area contributed by atoms with Crippen molar-refractivity contribution in [3.8, 4) is 5.75 Å². The van der Waals surface area contributed by atoms with Gasteiger partial charge in [-0.2, -0.15) is 0 Å². The van der Waals surface area contributed by atoms with Gasteiger partial charge < -0.3 is 20.1 Å². The van der Waals surface area contributed by atoms with Crippen LogP contribution >= 0.6 is 0 Å². The Bertz CT molecular complexity index is 409. The summed E-state index contributed by atoms with van der Waals surface area (Å²) in [5.41, 5.74) is 6.40. The summed E-state index contributed by atoms with van der Waals surface area (Å²) in [5.74, 6) is 0.756. The molecule has 18 heavy (non-hydrogen) atoms. The van der Waals surface area contributed by atoms with E-state index in [1.807, 2.05) is 18.2 Å². The highest BCUT2D eigenvalue weighted by molar-refractivity contribution is 5.77. The molecule has 0 radical (unpaired) electrons. The smallest absolute Gasteiger partial charge is 0.248 e. The Balaban J connectivity index is 1.70. The molecule has 98 valence electrons. The average molecular weight is 250 g/mol. The van der Waals surface area contributed by atoms with Gasteiger partial charge in [-0.3, -0.25) is 4.79 Å². The zero-order valence-corrected chi connectivity index (χ0v) is 10.3. The zero-order chi connectivity index (χ0) is 12.8. The second-order valence-electron chi connectivity index (χ2n) is 4.17. The van der Waals surface area contributed by atoms with E-state index in [-0.39, 0.29) is 12.5 Å². The number of amides is 1. The molecule has 0 aliphatic carbocycles. The minimum absolute atomic E-state index is 0.0560. The minimum atomic E-state index is 0.0560. The fourth-order valence-corrected chi connectivity index (χ4v) is 1.84. The lowest BCUT2D eigenvalue weighted by atomic mass is 10.3. The molecular formula is C13H18N2O3. The number of carbonyl (C=O) groups excluding carboxylic acids is 1. The number of carbonyl (C=O) groups is 1. The Kier molecular flexibility index (Phi) is 4.41. The van der Waals surface area contributed by atoms with E-state index < -0.39 is 0 Å². The number of nitrogen functional groups attached to an aromatic ring is 1. The predicted molar refractivity (Wildman–Crippen MR) is 68.4 cm³/mol. The van der Waals surface area contributed by atoms with Gasteiger partial charge in [0.25, 0.3) is 0 Å². The molecule has 2 rings (SSSR count). The number of rotatable bonds is 5. The summed E-state index contributed by atoms with van der Waals surface area (Å²) in [4.78, 5) is 13.3. The number of hydrogen-bond donors (Lipinski definition) is 1. The van der Waals surface area contributed by atoms with Crippen LogP contribution in [0.15, 0.2) is 24.3 Å². The molecule has 5 nitrogen and oxygen atoms in total. The zero-order valence-electron chi connectivity index (χ0n) is 10.3. The summed E-state index contributed by atoms with van der Waals surface area (Å²) in [6.45, 7) is 2.75. The van der Waals surface area contributed by atoms with Crippen LogP contribution in [-0.2, 0) is 9.53 Å². The molecule has 0 saturated carbocycles. The van der Waals surface area contributed by atoms with Crippen molar-refractivity contribution in [3.63, 3.8) is 0 Å². The third-order valence-corrected chi connectivity index (χ3v) is 2.83. The number of hydrogen-bond acceptors (Lipinski definition) is 4. The summed E-state index contributed by atoms with van der Waals surface area (Å²) in [5, 5.41) is 0. The fourth-order valence-electron chi connectivity index (χ4n) is 1.84. The lowest BCUT2D eigenvalue weighted by molar-refractivity contribution is -0.142. The van der Waals surface area contributed by atoms with Gasteiger partial charge in [0.05, 0.1) is 18.9 Å². The van der Waals surface area contributed by atoms with Gasteiger partial charge in [0.15, 0.2) is 0 Å². The van der Waals surface area contributed by atoms with Crippen LogP contribution in [0.1, 0.15) is 6.42 Å². The van der Waals surface area contributed by atoms with E-state index in [9.17, 15) is 4.79 Å². The van der Waals surface area contributed by atoms with Gasteiger partial charge in [0.1, 0.15) is 12.4 Å². The van der Waals surface area contributed by atoms with Crippen molar-refractivity contribution in [2.45, 2.75) is 6.42 Å². The van der Waals surface area contributed by atoms with Crippen LogP contribution < -0.4 is 10.5 Å². The van der Waals surface area contributed by atoms with E-state index in [1.165, 1.54) is 0 Å². The Hall–Kier alpha value is -1.75. The van der Waals surface area contributed by atoms with Gasteiger partial charge in [-0.05, 0) is 18.6 Å². The summed E-state index contributed by atoms with van der Waals surface area (Å²) in [6, 6.07) is 7.40. The molecular weight excluding hydrogens is 232 g/mol. The van der Waals surface area contributed by atoms with Crippen molar-refractivity contribution in [2.75, 3.05) is 38.6 Å². The topological polar surface area (TPSA) is 64.8 Å². The first kappa shape index (κ1) is 12.7. The number of ether oxygens (including phenoxy) is 2. The van der Waals surface area contributed by atoms with Gasteiger partial charge in [-0.25, -0.2) is 0 Å². The molecule has 0 bridgehead atoms. The lowest BCUT2D eigenvalue weighted by Crippen LogP contribution is -2.42. The molecule has 1 amide bonds. The first-order valence-corrected chi connectivity index (χ1v) is 6.10. The minimum Gasteiger partial charge on any atom is -0.491 e. The van der Waals surface area contributed by atoms with Crippen molar-refractivity contribution in [3.05, 3.63) is 24.3 Å². The van der Waals surface area contributed by atoms with Crippen molar-refractivity contribution < 1.29 is 14.3 Å². The number of morpholine rings is 1. The summed E-state index contributed by atoms with van der Waals surface area (Å²) in [6.07, 6.45) is 0.792. The standard InChI is InChI=1S/C13H18N2O3/c14-11-4-1-2-5-12(11)18-8-3-6-15-7-9-17-10-13(15)16/h1-2,4-5H,3,6-10,14H2. The quantitative estimate of drug-likeness (QED) is 0.623. The molecule has 0 unspecified atom stereocenters. The van der Waals surface area contributed by atoms with E-state index in [0.717, 1.165) is 6.42 Å². The fraction of sp³-hybridized carbons (Fsp3) is 0.462. The maximum Gasteiger partial charge on any atom is 0.248 e. The molecule has 0 atom stereocenters. The maximum absolute atomic E-state index is 11.5. The Labute approximate surface area is 106 Å². The number of para-hydroxylation sites is 2. The molecule has 0 aromatic heterocycles. The highest BCUT2D eigenvalue weighted by atomic mass is 16.5. The first-order chi connectivity index (χ1) is 8.77. The van der Waals surface area contributed by atoms with Gasteiger partial charge in [0.2, 0.25) is 5.91 Å². The molecule has 5 heteroatoms. The summed E-state index contributed by atoms with van der Waals surface area (Å²) >= 11 is 0. The van der Waals surface area contributed by atoms with E-state index in [4.69, 9.17) is 15.2 Å². The van der Waals surface area contributed by atoms with Crippen LogP contribution in [0.2, 0.25) is 0 Å². The first-order valence-electron chi connectivity index (χ1n) is 6.10. The highest BCUT2D eigenvalue weighted by Gasteiger charge is 2.17. The third kappa shape index (κ3) is 3.37. The van der Waals surface area contributed by atoms with Crippen LogP contribution in [0.5, 0.6) is 5.75 Å². The van der Waals surface area contributed by atoms with Crippen molar-refractivity contribution >= 4 is 11.6 Å². The van der Waals surface area contributed by atoms with E-state index >= 15 is 0 Å². The third-order valence-electron chi connectivity index (χ3n) is 2.83.